The molecule has 0 fully saturated rings. The summed E-state index contributed by atoms with van der Waals surface area (Å²) >= 11 is 0. The van der Waals surface area contributed by atoms with Crippen LogP contribution in [-0.4, -0.2) is 22.5 Å². The molecule has 0 saturated carbocycles. The molecule has 0 bridgehead atoms. The Kier molecular flexibility index (Phi) is 3.93. The molecular weight excluding hydrogens is 206 g/mol. The molecule has 1 atom stereocenters. The van der Waals surface area contributed by atoms with E-state index in [2.05, 4.69) is 25.9 Å². The first-order valence-electron chi connectivity index (χ1n) is 5.32. The van der Waals surface area contributed by atoms with E-state index in [1.165, 1.54) is 0 Å². The van der Waals surface area contributed by atoms with Gasteiger partial charge in [-0.15, -0.1) is 0 Å². The molecule has 0 saturated heterocycles. The summed E-state index contributed by atoms with van der Waals surface area (Å²) < 4.78 is 6.66. The highest BCUT2D eigenvalue weighted by Gasteiger charge is 2.26. The minimum atomic E-state index is -0.729. The van der Waals surface area contributed by atoms with Gasteiger partial charge in [0.1, 0.15) is 0 Å². The van der Waals surface area contributed by atoms with Crippen molar-refractivity contribution in [2.75, 3.05) is 6.61 Å². The van der Waals surface area contributed by atoms with E-state index in [0.717, 1.165) is 0 Å². The Hall–Kier alpha value is -1.52. The van der Waals surface area contributed by atoms with Gasteiger partial charge < -0.3 is 10.5 Å². The van der Waals surface area contributed by atoms with Crippen molar-refractivity contribution in [3.63, 3.8) is 0 Å². The Morgan fingerprint density at radius 1 is 1.56 bits per heavy atom. The predicted molar refractivity (Wildman–Crippen MR) is 60.9 cm³/mol. The van der Waals surface area contributed by atoms with Gasteiger partial charge >= 0.3 is 6.09 Å². The van der Waals surface area contributed by atoms with Gasteiger partial charge in [0.15, 0.2) is 0 Å². The summed E-state index contributed by atoms with van der Waals surface area (Å²) in [6.07, 6.45) is 3.63. The highest BCUT2D eigenvalue weighted by Crippen LogP contribution is 2.32. The molecule has 1 amide bonds. The van der Waals surface area contributed by atoms with Crippen LogP contribution in [0.3, 0.4) is 0 Å². The van der Waals surface area contributed by atoms with Crippen LogP contribution in [0.2, 0.25) is 0 Å². The highest BCUT2D eigenvalue weighted by molar-refractivity contribution is 5.64. The van der Waals surface area contributed by atoms with Crippen molar-refractivity contribution in [1.82, 2.24) is 9.78 Å². The van der Waals surface area contributed by atoms with Crippen molar-refractivity contribution in [1.29, 1.82) is 0 Å². The first-order chi connectivity index (χ1) is 7.41. The first-order valence-corrected chi connectivity index (χ1v) is 5.32. The van der Waals surface area contributed by atoms with Crippen LogP contribution < -0.4 is 5.73 Å². The minimum absolute atomic E-state index is 0.0486. The molecule has 1 aromatic rings. The SMILES string of the molecule is CC(C)(C)C(CCOC(N)=O)n1cccn1. The van der Waals surface area contributed by atoms with Crippen molar-refractivity contribution in [3.8, 4) is 0 Å². The molecule has 1 unspecified atom stereocenters. The van der Waals surface area contributed by atoms with Gasteiger partial charge in [0.05, 0.1) is 12.6 Å². The van der Waals surface area contributed by atoms with E-state index < -0.39 is 6.09 Å². The van der Waals surface area contributed by atoms with Crippen molar-refractivity contribution in [2.45, 2.75) is 33.2 Å². The van der Waals surface area contributed by atoms with Gasteiger partial charge in [-0.2, -0.15) is 5.10 Å². The summed E-state index contributed by atoms with van der Waals surface area (Å²) in [6, 6.07) is 2.06. The van der Waals surface area contributed by atoms with E-state index in [1.807, 2.05) is 16.9 Å². The van der Waals surface area contributed by atoms with Crippen molar-refractivity contribution in [2.24, 2.45) is 11.1 Å². The number of nitrogens with zero attached hydrogens (tertiary/aromatic N) is 2. The van der Waals surface area contributed by atoms with Gasteiger partial charge in [-0.3, -0.25) is 4.68 Å². The summed E-state index contributed by atoms with van der Waals surface area (Å²) in [5.41, 5.74) is 4.97. The monoisotopic (exact) mass is 225 g/mol. The van der Waals surface area contributed by atoms with Gasteiger partial charge in [-0.05, 0) is 11.5 Å². The molecule has 2 N–H and O–H groups in total. The Balaban J connectivity index is 2.63. The van der Waals surface area contributed by atoms with Crippen LogP contribution in [0.4, 0.5) is 4.79 Å². The summed E-state index contributed by atoms with van der Waals surface area (Å²) in [5, 5.41) is 4.23. The highest BCUT2D eigenvalue weighted by atomic mass is 16.5. The Morgan fingerprint density at radius 2 is 2.25 bits per heavy atom. The third kappa shape index (κ3) is 3.56. The first kappa shape index (κ1) is 12.5. The molecule has 0 aliphatic heterocycles. The van der Waals surface area contributed by atoms with Gasteiger partial charge in [-0.25, -0.2) is 4.79 Å². The van der Waals surface area contributed by atoms with Gasteiger partial charge in [0.25, 0.3) is 0 Å². The number of hydrogen-bond donors (Lipinski definition) is 1. The van der Waals surface area contributed by atoms with Gasteiger partial charge in [0, 0.05) is 18.8 Å². The fourth-order valence-electron chi connectivity index (χ4n) is 1.70. The summed E-state index contributed by atoms with van der Waals surface area (Å²) in [7, 11) is 0. The smallest absolute Gasteiger partial charge is 0.404 e. The van der Waals surface area contributed by atoms with Crippen molar-refractivity contribution < 1.29 is 9.53 Å². The lowest BCUT2D eigenvalue weighted by atomic mass is 9.85. The molecule has 0 radical (unpaired) electrons. The third-order valence-corrected chi connectivity index (χ3v) is 2.48. The molecule has 5 heteroatoms. The maximum atomic E-state index is 10.5. The van der Waals surface area contributed by atoms with E-state index in [4.69, 9.17) is 10.5 Å². The van der Waals surface area contributed by atoms with Gasteiger partial charge in [0.2, 0.25) is 0 Å². The zero-order valence-corrected chi connectivity index (χ0v) is 10.0. The fraction of sp³-hybridized carbons (Fsp3) is 0.636. The zero-order chi connectivity index (χ0) is 12.2. The summed E-state index contributed by atoms with van der Waals surface area (Å²) in [4.78, 5) is 10.5. The van der Waals surface area contributed by atoms with Crippen LogP contribution in [0.5, 0.6) is 0 Å². The molecule has 0 aliphatic carbocycles. The molecule has 0 aromatic carbocycles. The number of ether oxygens (including phenoxy) is 1. The maximum absolute atomic E-state index is 10.5. The predicted octanol–water partition coefficient (Wildman–Crippen LogP) is 1.96. The molecule has 90 valence electrons. The van der Waals surface area contributed by atoms with E-state index in [0.29, 0.717) is 13.0 Å². The van der Waals surface area contributed by atoms with Crippen LogP contribution in [0.1, 0.15) is 33.2 Å². The van der Waals surface area contributed by atoms with Crippen molar-refractivity contribution >= 4 is 6.09 Å². The average Bonchev–Trinajstić information content (AvgIpc) is 2.62. The zero-order valence-electron chi connectivity index (χ0n) is 10.0. The minimum Gasteiger partial charge on any atom is -0.450 e. The lowest BCUT2D eigenvalue weighted by Crippen LogP contribution is -2.27. The molecular formula is C11H19N3O2. The number of nitrogens with two attached hydrogens (primary N) is 1. The standard InChI is InChI=1S/C11H19N3O2/c1-11(2,3)9(5-8-16-10(12)15)14-7-4-6-13-14/h4,6-7,9H,5,8H2,1-3H3,(H2,12,15). The number of aromatic nitrogens is 2. The Labute approximate surface area is 95.6 Å². The largest absolute Gasteiger partial charge is 0.450 e. The Bertz CT molecular complexity index is 327. The number of carbonyl (C=O) groups is 1. The van der Waals surface area contributed by atoms with Crippen LogP contribution in [0, 0.1) is 5.41 Å². The van der Waals surface area contributed by atoms with Crippen LogP contribution in [-0.2, 0) is 4.74 Å². The maximum Gasteiger partial charge on any atom is 0.404 e. The second kappa shape index (κ2) is 5.01. The molecule has 0 aliphatic rings. The molecule has 16 heavy (non-hydrogen) atoms. The lowest BCUT2D eigenvalue weighted by Gasteiger charge is -2.30. The average molecular weight is 225 g/mol. The van der Waals surface area contributed by atoms with Crippen molar-refractivity contribution in [3.05, 3.63) is 18.5 Å². The number of rotatable bonds is 4. The number of primary amides is 1. The molecule has 1 rings (SSSR count). The third-order valence-electron chi connectivity index (χ3n) is 2.48. The van der Waals surface area contributed by atoms with E-state index >= 15 is 0 Å². The molecule has 0 spiro atoms. The molecule has 1 heterocycles. The quantitative estimate of drug-likeness (QED) is 0.851. The van der Waals surface area contributed by atoms with Crippen LogP contribution >= 0.6 is 0 Å². The van der Waals surface area contributed by atoms with E-state index in [1.54, 1.807) is 6.20 Å². The number of carbonyl (C=O) groups excluding carboxylic acids is 1. The van der Waals surface area contributed by atoms with E-state index in [9.17, 15) is 4.79 Å². The second-order valence-electron chi connectivity index (χ2n) is 4.82. The number of hydrogen-bond acceptors (Lipinski definition) is 3. The summed E-state index contributed by atoms with van der Waals surface area (Å²) in [5.74, 6) is 0. The van der Waals surface area contributed by atoms with Gasteiger partial charge in [-0.1, -0.05) is 20.8 Å². The summed E-state index contributed by atoms with van der Waals surface area (Å²) in [6.45, 7) is 6.70. The van der Waals surface area contributed by atoms with Crippen LogP contribution in [0.15, 0.2) is 18.5 Å². The number of amides is 1. The van der Waals surface area contributed by atoms with Crippen LogP contribution in [0.25, 0.3) is 0 Å². The second-order valence-corrected chi connectivity index (χ2v) is 4.82. The Morgan fingerprint density at radius 3 is 2.69 bits per heavy atom. The topological polar surface area (TPSA) is 70.1 Å². The molecule has 1 aromatic heterocycles. The fourth-order valence-corrected chi connectivity index (χ4v) is 1.70. The van der Waals surface area contributed by atoms with E-state index in [-0.39, 0.29) is 11.5 Å². The lowest BCUT2D eigenvalue weighted by molar-refractivity contribution is 0.127. The molecule has 5 nitrogen and oxygen atoms in total. The normalized spacial score (nSPS) is 13.4.